The van der Waals surface area contributed by atoms with Crippen LogP contribution in [0.25, 0.3) is 293 Å². The van der Waals surface area contributed by atoms with Gasteiger partial charge in [0.05, 0.1) is 44.3 Å². The Kier molecular flexibility index (Phi) is 21.9. The second-order valence-electron chi connectivity index (χ2n) is 37.7. The first kappa shape index (κ1) is 87.8. The minimum atomic E-state index is 0.572. The van der Waals surface area contributed by atoms with Crippen molar-refractivity contribution in [3.63, 3.8) is 0 Å². The second-order valence-corrected chi connectivity index (χ2v) is 38.8. The summed E-state index contributed by atoms with van der Waals surface area (Å²) in [4.78, 5) is 30.9. The van der Waals surface area contributed by atoms with Gasteiger partial charge in [-0.3, -0.25) is 0 Å². The van der Waals surface area contributed by atoms with Gasteiger partial charge in [-0.2, -0.15) is 15.0 Å². The van der Waals surface area contributed by atoms with E-state index in [1.807, 2.05) is 96.3 Å². The zero-order valence-corrected chi connectivity index (χ0v) is 81.6. The third kappa shape index (κ3) is 16.0. The van der Waals surface area contributed by atoms with Crippen molar-refractivity contribution in [3.05, 3.63) is 516 Å². The lowest BCUT2D eigenvalue weighted by Gasteiger charge is -2.12. The zero-order valence-electron chi connectivity index (χ0n) is 80.7. The molecular formula is C138H85N7O4S. The fourth-order valence-corrected chi connectivity index (χ4v) is 22.8. The topological polar surface area (TPSA) is 135 Å². The fourth-order valence-electron chi connectivity index (χ4n) is 21.5. The Morgan fingerprint density at radius 3 is 0.867 bits per heavy atom. The first-order valence-corrected chi connectivity index (χ1v) is 51.1. The molecule has 0 radical (unpaired) electrons. The molecule has 0 aliphatic carbocycles. The van der Waals surface area contributed by atoms with Crippen molar-refractivity contribution < 1.29 is 17.7 Å². The molecule has 0 amide bonds. The number of fused-ring (bicyclic) bond motifs is 18. The molecule has 0 spiro atoms. The second kappa shape index (κ2) is 37.4. The van der Waals surface area contributed by atoms with Crippen LogP contribution in [0.4, 0.5) is 0 Å². The Bertz CT molecular complexity index is 10100. The van der Waals surface area contributed by atoms with Crippen LogP contribution < -0.4 is 0 Å². The van der Waals surface area contributed by atoms with Crippen LogP contribution in [0.15, 0.2) is 533 Å². The molecule has 0 atom stereocenters. The van der Waals surface area contributed by atoms with Crippen LogP contribution in [0.1, 0.15) is 0 Å². The predicted octanol–water partition coefficient (Wildman–Crippen LogP) is 37.8. The van der Waals surface area contributed by atoms with Gasteiger partial charge in [-0.1, -0.05) is 413 Å². The highest BCUT2D eigenvalue weighted by Gasteiger charge is 2.26. The Hall–Kier alpha value is -19.9. The summed E-state index contributed by atoms with van der Waals surface area (Å²) in [6.45, 7) is 0. The molecule has 0 bridgehead atoms. The number of hydrogen-bond acceptors (Lipinski definition) is 11. The molecule has 702 valence electrons. The van der Waals surface area contributed by atoms with Crippen LogP contribution in [0.3, 0.4) is 0 Å². The van der Waals surface area contributed by atoms with E-state index in [9.17, 15) is 0 Å². The van der Waals surface area contributed by atoms with Gasteiger partial charge in [-0.25, -0.2) is 15.0 Å². The van der Waals surface area contributed by atoms with Crippen molar-refractivity contribution in [2.75, 3.05) is 0 Å². The summed E-state index contributed by atoms with van der Waals surface area (Å²) in [5.41, 5.74) is 35.9. The molecule has 0 aliphatic heterocycles. The Balaban J connectivity index is 0.000000108. The summed E-state index contributed by atoms with van der Waals surface area (Å²) in [6.07, 6.45) is 0. The molecule has 11 nitrogen and oxygen atoms in total. The molecule has 12 heteroatoms. The van der Waals surface area contributed by atoms with Crippen LogP contribution >= 0.6 is 11.3 Å². The first-order valence-electron chi connectivity index (χ1n) is 50.3. The number of nitrogens with zero attached hydrogens (tertiary/aromatic N) is 7. The van der Waals surface area contributed by atoms with Crippen molar-refractivity contribution in [3.8, 4) is 163 Å². The standard InChI is InChI=1S/C46H29N3O.C46H28N2O2.C46H28N2OS/c1-2-13-30(14-3-1)31-15-10-18-34(27-31)44-43-39-23-6-9-26-42(39)50-46(43)48-45(47-44)35-19-11-16-32(28-35)33-17-12-20-36(29-33)49-40-24-7-4-21-37(40)38-22-5-8-25-41(38)49;1-2-12-29(13-3-1)30-14-9-18-34(27-30)43-42-39-21-5-7-25-41(39)50-46(42)48-45(47-43)35-19-10-16-32(28-35)31-15-8-17-33(26-31)36-22-11-23-38-37-20-4-6-24-40(37)49-44(36)38;1-2-12-29(13-3-1)30-14-9-18-34(27-30)43-42-39-21-4-6-24-40(39)49-46(42)48-45(47-43)35-19-10-16-32(28-35)31-15-8-17-33(26-31)36-22-11-23-38-37-20-5-7-25-41(37)50-44(36)38/h1-29H;2*1-28H. The highest BCUT2D eigenvalue weighted by atomic mass is 32.1. The van der Waals surface area contributed by atoms with Gasteiger partial charge in [0.1, 0.15) is 27.9 Å². The van der Waals surface area contributed by atoms with E-state index in [1.165, 1.54) is 53.1 Å². The zero-order chi connectivity index (χ0) is 99.1. The first-order chi connectivity index (χ1) is 74.3. The third-order valence-corrected chi connectivity index (χ3v) is 29.9. The summed E-state index contributed by atoms with van der Waals surface area (Å²) in [5, 5.41) is 13.1. The molecule has 9 heterocycles. The van der Waals surface area contributed by atoms with Gasteiger partial charge in [-0.15, -0.1) is 11.3 Å². The van der Waals surface area contributed by atoms with E-state index in [-0.39, 0.29) is 0 Å². The van der Waals surface area contributed by atoms with E-state index in [0.717, 1.165) is 205 Å². The Morgan fingerprint density at radius 1 is 0.173 bits per heavy atom. The quantitative estimate of drug-likeness (QED) is 0.0976. The van der Waals surface area contributed by atoms with Gasteiger partial charge in [0.25, 0.3) is 0 Å². The van der Waals surface area contributed by atoms with E-state index in [1.54, 1.807) is 0 Å². The highest BCUT2D eigenvalue weighted by molar-refractivity contribution is 7.26. The predicted molar refractivity (Wildman–Crippen MR) is 619 cm³/mol. The number of benzene rings is 21. The summed E-state index contributed by atoms with van der Waals surface area (Å²) in [7, 11) is 0. The van der Waals surface area contributed by atoms with Crippen molar-refractivity contribution in [2.45, 2.75) is 0 Å². The SMILES string of the molecule is c1ccc(-c2cccc(-c3nc(-c4cccc(-c5cccc(-c6cccc7c6oc6ccccc67)c5)c4)nc4oc5ccccc5c34)c2)cc1.c1ccc(-c2cccc(-c3nc(-c4cccc(-c5cccc(-c6cccc7c6sc6ccccc67)c5)c4)nc4oc5ccccc5c34)c2)cc1.c1ccc(-c2cccc(-c3nc(-c4cccc(-c5cccc(-n6c7ccccc7c7ccccc76)c5)c4)nc4oc5ccccc5c34)c2)cc1. The van der Waals surface area contributed by atoms with E-state index in [2.05, 4.69) is 435 Å². The van der Waals surface area contributed by atoms with Gasteiger partial charge in [0, 0.05) is 103 Å². The average Bonchev–Trinajstić information content (AvgIpc) is 1.55. The molecule has 0 fully saturated rings. The van der Waals surface area contributed by atoms with Gasteiger partial charge < -0.3 is 22.2 Å². The summed E-state index contributed by atoms with van der Waals surface area (Å²) < 4.78 is 30.5. The van der Waals surface area contributed by atoms with Gasteiger partial charge in [0.15, 0.2) is 17.5 Å². The third-order valence-electron chi connectivity index (χ3n) is 28.6. The normalized spacial score (nSPS) is 11.6. The average molecular weight is 1940 g/mol. The van der Waals surface area contributed by atoms with E-state index in [0.29, 0.717) is 34.6 Å². The van der Waals surface area contributed by atoms with Crippen LogP contribution in [0.2, 0.25) is 0 Å². The van der Waals surface area contributed by atoms with E-state index < -0.39 is 0 Å². The minimum absolute atomic E-state index is 0.572. The van der Waals surface area contributed by atoms with Gasteiger partial charge in [-0.05, 0) is 187 Å². The summed E-state index contributed by atoms with van der Waals surface area (Å²) in [5.74, 6) is 1.86. The largest absolute Gasteiger partial charge is 0.455 e. The monoisotopic (exact) mass is 1940 g/mol. The molecule has 0 N–H and O–H groups in total. The van der Waals surface area contributed by atoms with Crippen molar-refractivity contribution in [1.82, 2.24) is 34.5 Å². The van der Waals surface area contributed by atoms with Gasteiger partial charge in [0.2, 0.25) is 17.1 Å². The number of furan rings is 4. The van der Waals surface area contributed by atoms with Crippen LogP contribution in [-0.4, -0.2) is 34.5 Å². The van der Waals surface area contributed by atoms with Crippen molar-refractivity contribution >= 4 is 141 Å². The molecule has 150 heavy (non-hydrogen) atoms. The van der Waals surface area contributed by atoms with Crippen LogP contribution in [-0.2, 0) is 0 Å². The minimum Gasteiger partial charge on any atom is -0.455 e. The summed E-state index contributed by atoms with van der Waals surface area (Å²) >= 11 is 1.86. The van der Waals surface area contributed by atoms with E-state index in [4.69, 9.17) is 47.6 Å². The fraction of sp³-hybridized carbons (Fsp3) is 0. The Morgan fingerprint density at radius 2 is 0.447 bits per heavy atom. The molecule has 0 saturated heterocycles. The molecule has 9 aromatic heterocycles. The van der Waals surface area contributed by atoms with Gasteiger partial charge >= 0.3 is 0 Å². The van der Waals surface area contributed by atoms with Crippen molar-refractivity contribution in [2.24, 2.45) is 0 Å². The van der Waals surface area contributed by atoms with Crippen LogP contribution in [0.5, 0.6) is 0 Å². The molecule has 30 rings (SSSR count). The number of aromatic nitrogens is 7. The molecule has 0 saturated carbocycles. The lowest BCUT2D eigenvalue weighted by molar-refractivity contribution is 0.653. The maximum Gasteiger partial charge on any atom is 0.231 e. The number of rotatable bonds is 15. The van der Waals surface area contributed by atoms with Crippen molar-refractivity contribution in [1.29, 1.82) is 0 Å². The lowest BCUT2D eigenvalue weighted by atomic mass is 9.96. The van der Waals surface area contributed by atoms with E-state index >= 15 is 0 Å². The highest BCUT2D eigenvalue weighted by Crippen LogP contribution is 2.48. The molecule has 0 aliphatic rings. The number of para-hydroxylation sites is 7. The Labute approximate surface area is 865 Å². The summed E-state index contributed by atoms with van der Waals surface area (Å²) in [6, 6.07) is 180. The molecular weight excluding hydrogens is 1850 g/mol. The number of hydrogen-bond donors (Lipinski definition) is 0. The maximum absolute atomic E-state index is 6.38. The molecule has 21 aromatic carbocycles. The van der Waals surface area contributed by atoms with Crippen LogP contribution in [0, 0.1) is 0 Å². The maximum atomic E-state index is 6.38. The molecule has 30 aromatic rings. The lowest BCUT2D eigenvalue weighted by Crippen LogP contribution is -1.95. The molecule has 0 unspecified atom stereocenters. The smallest absolute Gasteiger partial charge is 0.231 e. The number of thiophene rings is 1.